The molecule has 1 aromatic heterocycles. The maximum absolute atomic E-state index is 13.7. The van der Waals surface area contributed by atoms with E-state index in [9.17, 15) is 17.2 Å². The summed E-state index contributed by atoms with van der Waals surface area (Å²) in [6.45, 7) is 3.12. The van der Waals surface area contributed by atoms with Crippen LogP contribution in [0, 0.1) is 25.5 Å². The third-order valence-electron chi connectivity index (χ3n) is 3.85. The van der Waals surface area contributed by atoms with Gasteiger partial charge in [-0.25, -0.2) is 17.2 Å². The van der Waals surface area contributed by atoms with Crippen LogP contribution in [-0.2, 0) is 15.8 Å². The highest BCUT2D eigenvalue weighted by Gasteiger charge is 2.19. The van der Waals surface area contributed by atoms with Gasteiger partial charge in [0.25, 0.3) is 0 Å². The van der Waals surface area contributed by atoms with Gasteiger partial charge >= 0.3 is 6.01 Å². The number of hydrogen-bond donors (Lipinski definition) is 1. The van der Waals surface area contributed by atoms with Crippen molar-refractivity contribution < 1.29 is 21.9 Å². The number of ether oxygens (including phenoxy) is 1. The molecule has 0 bridgehead atoms. The van der Waals surface area contributed by atoms with Crippen molar-refractivity contribution in [3.05, 3.63) is 77.1 Å². The topological polar surface area (TPSA) is 81.2 Å². The molecule has 0 spiro atoms. The van der Waals surface area contributed by atoms with Crippen LogP contribution in [0.4, 0.5) is 14.5 Å². The maximum Gasteiger partial charge on any atom is 0.322 e. The number of benzene rings is 2. The molecule has 0 fully saturated rings. The zero-order chi connectivity index (χ0) is 20.3. The number of anilines is 1. The molecule has 3 aromatic rings. The normalized spacial score (nSPS) is 11.3. The summed E-state index contributed by atoms with van der Waals surface area (Å²) < 4.78 is 60.1. The van der Waals surface area contributed by atoms with E-state index >= 15 is 0 Å². The van der Waals surface area contributed by atoms with Gasteiger partial charge in [0.15, 0.2) is 11.6 Å². The Morgan fingerprint density at radius 2 is 1.50 bits per heavy atom. The third-order valence-corrected chi connectivity index (χ3v) is 5.06. The molecular weight excluding hydrogens is 388 g/mol. The molecule has 0 aliphatic rings. The number of para-hydroxylation sites is 1. The summed E-state index contributed by atoms with van der Waals surface area (Å²) in [5.41, 5.74) is 0.787. The highest BCUT2D eigenvalue weighted by atomic mass is 32.2. The molecular formula is C19H17F2N3O3S. The van der Waals surface area contributed by atoms with Crippen LogP contribution in [-0.4, -0.2) is 18.4 Å². The number of nitrogens with one attached hydrogen (secondary N) is 1. The fraction of sp³-hybridized carbons (Fsp3) is 0.158. The van der Waals surface area contributed by atoms with Gasteiger partial charge in [-0.2, -0.15) is 9.97 Å². The first-order valence-corrected chi connectivity index (χ1v) is 9.92. The summed E-state index contributed by atoms with van der Waals surface area (Å²) in [5, 5.41) is 0. The highest BCUT2D eigenvalue weighted by molar-refractivity contribution is 7.91. The van der Waals surface area contributed by atoms with Crippen molar-refractivity contribution in [3.63, 3.8) is 0 Å². The molecule has 1 N–H and O–H groups in total. The summed E-state index contributed by atoms with van der Waals surface area (Å²) in [4.78, 5) is 8.16. The van der Waals surface area contributed by atoms with E-state index in [1.165, 1.54) is 36.4 Å². The first-order valence-electron chi connectivity index (χ1n) is 8.27. The minimum Gasteiger partial charge on any atom is -0.421 e. The van der Waals surface area contributed by atoms with Gasteiger partial charge < -0.3 is 4.74 Å². The van der Waals surface area contributed by atoms with E-state index in [0.717, 1.165) is 0 Å². The molecule has 0 saturated carbocycles. The van der Waals surface area contributed by atoms with Crippen molar-refractivity contribution in [1.82, 2.24) is 9.97 Å². The van der Waals surface area contributed by atoms with Gasteiger partial charge in [0.1, 0.15) is 5.82 Å². The summed E-state index contributed by atoms with van der Waals surface area (Å²) in [6, 6.07) is 11.3. The number of rotatable bonds is 6. The molecule has 0 unspecified atom stereocenters. The Morgan fingerprint density at radius 1 is 0.929 bits per heavy atom. The lowest BCUT2D eigenvalue weighted by Gasteiger charge is -2.14. The predicted molar refractivity (Wildman–Crippen MR) is 101 cm³/mol. The Kier molecular flexibility index (Phi) is 5.55. The fourth-order valence-electron chi connectivity index (χ4n) is 2.52. The molecule has 2 aromatic carbocycles. The van der Waals surface area contributed by atoms with E-state index in [0.29, 0.717) is 0 Å². The molecule has 3 rings (SSSR count). The van der Waals surface area contributed by atoms with Crippen molar-refractivity contribution in [1.29, 1.82) is 0 Å². The van der Waals surface area contributed by atoms with E-state index in [-0.39, 0.29) is 34.4 Å². The molecule has 0 radical (unpaired) electrons. The second kappa shape index (κ2) is 7.89. The predicted octanol–water partition coefficient (Wildman–Crippen LogP) is 4.11. The largest absolute Gasteiger partial charge is 0.421 e. The van der Waals surface area contributed by atoms with Crippen LogP contribution < -0.4 is 9.46 Å². The average Bonchev–Trinajstić information content (AvgIpc) is 2.62. The minimum atomic E-state index is -3.90. The first kappa shape index (κ1) is 19.7. The molecule has 6 nitrogen and oxygen atoms in total. The van der Waals surface area contributed by atoms with E-state index in [4.69, 9.17) is 4.74 Å². The van der Waals surface area contributed by atoms with Crippen molar-refractivity contribution in [3.8, 4) is 11.8 Å². The monoisotopic (exact) mass is 405 g/mol. The Hall–Kier alpha value is -3.07. The van der Waals surface area contributed by atoms with Gasteiger partial charge in [-0.15, -0.1) is 0 Å². The Balaban J connectivity index is 1.83. The summed E-state index contributed by atoms with van der Waals surface area (Å²) in [7, 11) is -3.90. The highest BCUT2D eigenvalue weighted by Crippen LogP contribution is 2.26. The molecule has 0 aliphatic heterocycles. The van der Waals surface area contributed by atoms with Crippen molar-refractivity contribution in [2.75, 3.05) is 4.72 Å². The Morgan fingerprint density at radius 3 is 2.11 bits per heavy atom. The van der Waals surface area contributed by atoms with E-state index < -0.39 is 27.4 Å². The lowest BCUT2D eigenvalue weighted by molar-refractivity contribution is 0.409. The van der Waals surface area contributed by atoms with Gasteiger partial charge in [-0.3, -0.25) is 4.72 Å². The van der Waals surface area contributed by atoms with Crippen molar-refractivity contribution in [2.24, 2.45) is 0 Å². The smallest absolute Gasteiger partial charge is 0.322 e. The molecule has 0 amide bonds. The van der Waals surface area contributed by atoms with Gasteiger partial charge in [-0.05, 0) is 32.0 Å². The summed E-state index contributed by atoms with van der Waals surface area (Å²) in [6.07, 6.45) is 0. The number of hydrogen-bond acceptors (Lipinski definition) is 5. The number of halogens is 2. The lowest BCUT2D eigenvalue weighted by Crippen LogP contribution is -2.18. The zero-order valence-corrected chi connectivity index (χ0v) is 15.9. The Labute approximate surface area is 161 Å². The zero-order valence-electron chi connectivity index (χ0n) is 15.1. The van der Waals surface area contributed by atoms with Crippen LogP contribution in [0.3, 0.4) is 0 Å². The van der Waals surface area contributed by atoms with Gasteiger partial charge in [0, 0.05) is 5.56 Å². The molecule has 146 valence electrons. The summed E-state index contributed by atoms with van der Waals surface area (Å²) >= 11 is 0. The van der Waals surface area contributed by atoms with E-state index in [2.05, 4.69) is 14.7 Å². The average molecular weight is 405 g/mol. The number of sulfonamides is 1. The Bertz CT molecular complexity index is 1100. The van der Waals surface area contributed by atoms with E-state index in [1.807, 2.05) is 0 Å². The van der Waals surface area contributed by atoms with Crippen LogP contribution in [0.2, 0.25) is 0 Å². The molecule has 0 atom stereocenters. The third kappa shape index (κ3) is 4.61. The van der Waals surface area contributed by atoms with Gasteiger partial charge in [0.05, 0.1) is 22.8 Å². The second-order valence-electron chi connectivity index (χ2n) is 6.04. The molecule has 28 heavy (non-hydrogen) atoms. The van der Waals surface area contributed by atoms with Crippen molar-refractivity contribution >= 4 is 15.7 Å². The maximum atomic E-state index is 13.7. The molecule has 1 heterocycles. The molecule has 9 heteroatoms. The fourth-order valence-corrected chi connectivity index (χ4v) is 3.84. The van der Waals surface area contributed by atoms with Crippen LogP contribution in [0.5, 0.6) is 11.8 Å². The standard InChI is InChI=1S/C19H17F2N3O3S/c1-12-18(24-28(25,26)11-14-7-3-4-8-15(14)20)13(2)23-19(22-12)27-17-10-6-5-9-16(17)21/h3-10,24H,11H2,1-2H3. The lowest BCUT2D eigenvalue weighted by atomic mass is 10.2. The van der Waals surface area contributed by atoms with Gasteiger partial charge in [0.2, 0.25) is 10.0 Å². The van der Waals surface area contributed by atoms with Crippen LogP contribution in [0.1, 0.15) is 17.0 Å². The molecule has 0 aliphatic carbocycles. The first-order chi connectivity index (χ1) is 13.2. The SMILES string of the molecule is Cc1nc(Oc2ccccc2F)nc(C)c1NS(=O)(=O)Cc1ccccc1F. The quantitative estimate of drug-likeness (QED) is 0.668. The van der Waals surface area contributed by atoms with Crippen molar-refractivity contribution in [2.45, 2.75) is 19.6 Å². The molecule has 0 saturated heterocycles. The van der Waals surface area contributed by atoms with Crippen LogP contribution in [0.25, 0.3) is 0 Å². The van der Waals surface area contributed by atoms with Gasteiger partial charge in [-0.1, -0.05) is 30.3 Å². The second-order valence-corrected chi connectivity index (χ2v) is 7.76. The minimum absolute atomic E-state index is 0.0470. The number of nitrogens with zero attached hydrogens (tertiary/aromatic N) is 2. The number of aryl methyl sites for hydroxylation is 2. The van der Waals surface area contributed by atoms with Crippen LogP contribution >= 0.6 is 0 Å². The summed E-state index contributed by atoms with van der Waals surface area (Å²) in [5.74, 6) is -1.76. The van der Waals surface area contributed by atoms with Crippen LogP contribution in [0.15, 0.2) is 48.5 Å². The van der Waals surface area contributed by atoms with E-state index in [1.54, 1.807) is 26.0 Å². The number of aromatic nitrogens is 2.